The van der Waals surface area contributed by atoms with Gasteiger partial charge in [0, 0.05) is 29.7 Å². The van der Waals surface area contributed by atoms with Gasteiger partial charge in [-0.1, -0.05) is 24.3 Å². The molecule has 5 aromatic rings. The number of anilines is 1. The lowest BCUT2D eigenvalue weighted by Crippen LogP contribution is -2.18. The normalized spacial score (nSPS) is 11.5. The van der Waals surface area contributed by atoms with E-state index in [0.717, 1.165) is 11.6 Å². The number of amides is 1. The van der Waals surface area contributed by atoms with E-state index in [1.165, 1.54) is 29.1 Å². The molecule has 12 heteroatoms. The molecule has 8 nitrogen and oxygen atoms in total. The quantitative estimate of drug-likeness (QED) is 0.191. The predicted molar refractivity (Wildman–Crippen MR) is 142 cm³/mol. The number of pyridine rings is 1. The molecule has 5 rings (SSSR count). The van der Waals surface area contributed by atoms with Gasteiger partial charge in [0.15, 0.2) is 17.2 Å². The number of carbonyl (C=O) groups excluding carboxylic acids is 2. The summed E-state index contributed by atoms with van der Waals surface area (Å²) in [5.74, 6) is -3.42. The average Bonchev–Trinajstić information content (AvgIpc) is 3.38. The first-order chi connectivity index (χ1) is 19.6. The number of aromatic nitrogens is 4. The lowest BCUT2D eigenvalue weighted by molar-refractivity contribution is -0.137. The Morgan fingerprint density at radius 2 is 1.71 bits per heavy atom. The van der Waals surface area contributed by atoms with Crippen molar-refractivity contribution in [1.29, 1.82) is 0 Å². The van der Waals surface area contributed by atoms with Crippen LogP contribution in [0.5, 0.6) is 0 Å². The molecule has 3 heterocycles. The van der Waals surface area contributed by atoms with Gasteiger partial charge >= 0.3 is 12.1 Å². The Morgan fingerprint density at radius 3 is 2.39 bits per heavy atom. The van der Waals surface area contributed by atoms with E-state index >= 15 is 4.39 Å². The summed E-state index contributed by atoms with van der Waals surface area (Å²) in [5, 5.41) is 2.62. The van der Waals surface area contributed by atoms with Crippen LogP contribution in [0.15, 0.2) is 73.3 Å². The van der Waals surface area contributed by atoms with Gasteiger partial charge in [0.25, 0.3) is 5.91 Å². The van der Waals surface area contributed by atoms with Crippen LogP contribution < -0.4 is 5.32 Å². The third kappa shape index (κ3) is 5.23. The molecule has 0 saturated heterocycles. The molecule has 0 bridgehead atoms. The van der Waals surface area contributed by atoms with Crippen LogP contribution >= 0.6 is 0 Å². The van der Waals surface area contributed by atoms with E-state index in [1.807, 2.05) is 19.1 Å². The number of rotatable bonds is 6. The number of alkyl halides is 3. The fourth-order valence-corrected chi connectivity index (χ4v) is 4.41. The molecule has 0 aliphatic rings. The molecule has 0 aliphatic carbocycles. The Kier molecular flexibility index (Phi) is 7.22. The minimum absolute atomic E-state index is 0.0814. The maximum atomic E-state index is 15.1. The highest BCUT2D eigenvalue weighted by atomic mass is 19.4. The summed E-state index contributed by atoms with van der Waals surface area (Å²) < 4.78 is 63.0. The molecule has 0 aliphatic heterocycles. The van der Waals surface area contributed by atoms with E-state index < -0.39 is 40.6 Å². The minimum Gasteiger partial charge on any atom is -0.461 e. The number of esters is 1. The van der Waals surface area contributed by atoms with Crippen LogP contribution in [0.2, 0.25) is 0 Å². The summed E-state index contributed by atoms with van der Waals surface area (Å²) in [7, 11) is 0. The Hall–Kier alpha value is -5.13. The van der Waals surface area contributed by atoms with E-state index in [0.29, 0.717) is 11.1 Å². The molecule has 1 N–H and O–H groups in total. The van der Waals surface area contributed by atoms with Crippen LogP contribution in [0.4, 0.5) is 23.2 Å². The topological polar surface area (TPSA) is 98.5 Å². The number of carbonyl (C=O) groups is 2. The minimum atomic E-state index is -4.94. The number of nitrogens with zero attached hydrogens (tertiary/aromatic N) is 4. The van der Waals surface area contributed by atoms with Gasteiger partial charge in [-0.3, -0.25) is 9.20 Å². The maximum Gasteiger partial charge on any atom is 0.417 e. The third-order valence-corrected chi connectivity index (χ3v) is 6.30. The zero-order valence-electron chi connectivity index (χ0n) is 21.7. The van der Waals surface area contributed by atoms with Crippen molar-refractivity contribution < 1.29 is 31.9 Å². The average molecular weight is 564 g/mol. The molecular weight excluding hydrogens is 542 g/mol. The van der Waals surface area contributed by atoms with Crippen LogP contribution in [0.3, 0.4) is 0 Å². The van der Waals surface area contributed by atoms with Gasteiger partial charge in [0.2, 0.25) is 0 Å². The summed E-state index contributed by atoms with van der Waals surface area (Å²) in [6, 6.07) is 11.3. The number of hydrogen-bond acceptors (Lipinski definition) is 6. The monoisotopic (exact) mass is 563 g/mol. The van der Waals surface area contributed by atoms with Crippen LogP contribution in [-0.4, -0.2) is 37.8 Å². The SMILES string of the molecule is CCOC(=O)c1cnc2c(NC(=O)c3cc(-c4ncccn4)c(C(F)(F)F)cc3F)c(-c3ccccc3C)ccn12. The Morgan fingerprint density at radius 1 is 0.976 bits per heavy atom. The van der Waals surface area contributed by atoms with Gasteiger partial charge < -0.3 is 10.1 Å². The molecule has 0 radical (unpaired) electrons. The number of nitrogens with one attached hydrogen (secondary N) is 1. The second kappa shape index (κ2) is 10.8. The number of halogens is 4. The molecule has 3 aromatic heterocycles. The first kappa shape index (κ1) is 27.4. The summed E-state index contributed by atoms with van der Waals surface area (Å²) >= 11 is 0. The number of ether oxygens (including phenoxy) is 1. The van der Waals surface area contributed by atoms with Crippen molar-refractivity contribution in [2.45, 2.75) is 20.0 Å². The van der Waals surface area contributed by atoms with Gasteiger partial charge in [-0.05, 0) is 49.2 Å². The molecule has 1 amide bonds. The number of fused-ring (bicyclic) bond motifs is 1. The molecule has 0 unspecified atom stereocenters. The number of hydrogen-bond donors (Lipinski definition) is 1. The van der Waals surface area contributed by atoms with Crippen molar-refractivity contribution in [3.8, 4) is 22.5 Å². The van der Waals surface area contributed by atoms with Crippen LogP contribution in [0, 0.1) is 12.7 Å². The van der Waals surface area contributed by atoms with Gasteiger partial charge in [-0.2, -0.15) is 13.2 Å². The van der Waals surface area contributed by atoms with Gasteiger partial charge in [-0.25, -0.2) is 24.1 Å². The second-order valence-electron chi connectivity index (χ2n) is 8.88. The zero-order chi connectivity index (χ0) is 29.3. The highest BCUT2D eigenvalue weighted by Gasteiger charge is 2.36. The molecule has 0 fully saturated rings. The number of benzene rings is 2. The smallest absolute Gasteiger partial charge is 0.417 e. The lowest BCUT2D eigenvalue weighted by atomic mass is 9.99. The first-order valence-corrected chi connectivity index (χ1v) is 12.3. The van der Waals surface area contributed by atoms with E-state index in [-0.39, 0.29) is 35.5 Å². The summed E-state index contributed by atoms with van der Waals surface area (Å²) in [6.45, 7) is 3.62. The number of imidazole rings is 1. The molecule has 0 spiro atoms. The van der Waals surface area contributed by atoms with Crippen molar-refractivity contribution >= 4 is 23.2 Å². The molecule has 41 heavy (non-hydrogen) atoms. The Labute approximate surface area is 230 Å². The van der Waals surface area contributed by atoms with E-state index in [1.54, 1.807) is 31.3 Å². The van der Waals surface area contributed by atoms with E-state index in [4.69, 9.17) is 4.74 Å². The van der Waals surface area contributed by atoms with Crippen molar-refractivity contribution in [2.24, 2.45) is 0 Å². The first-order valence-electron chi connectivity index (χ1n) is 12.3. The molecular formula is C29H21F4N5O3. The number of aryl methyl sites for hydroxylation is 1. The van der Waals surface area contributed by atoms with Crippen molar-refractivity contribution in [1.82, 2.24) is 19.4 Å². The van der Waals surface area contributed by atoms with Crippen molar-refractivity contribution in [3.05, 3.63) is 102 Å². The van der Waals surface area contributed by atoms with Gasteiger partial charge in [0.05, 0.1) is 29.6 Å². The highest BCUT2D eigenvalue weighted by Crippen LogP contribution is 2.38. The zero-order valence-corrected chi connectivity index (χ0v) is 21.7. The van der Waals surface area contributed by atoms with Gasteiger partial charge in [0.1, 0.15) is 5.82 Å². The molecule has 0 saturated carbocycles. The second-order valence-corrected chi connectivity index (χ2v) is 8.88. The third-order valence-electron chi connectivity index (χ3n) is 6.30. The highest BCUT2D eigenvalue weighted by molar-refractivity contribution is 6.10. The van der Waals surface area contributed by atoms with Crippen molar-refractivity contribution in [2.75, 3.05) is 11.9 Å². The molecule has 2 aromatic carbocycles. The van der Waals surface area contributed by atoms with Crippen LogP contribution in [0.1, 0.15) is 38.9 Å². The van der Waals surface area contributed by atoms with Crippen LogP contribution in [-0.2, 0) is 10.9 Å². The maximum absolute atomic E-state index is 15.1. The summed E-state index contributed by atoms with van der Waals surface area (Å²) in [4.78, 5) is 38.0. The van der Waals surface area contributed by atoms with Gasteiger partial charge in [-0.15, -0.1) is 0 Å². The molecule has 208 valence electrons. The largest absolute Gasteiger partial charge is 0.461 e. The Balaban J connectivity index is 1.67. The summed E-state index contributed by atoms with van der Waals surface area (Å²) in [6.07, 6.45) is 0.386. The van der Waals surface area contributed by atoms with Crippen LogP contribution in [0.25, 0.3) is 28.2 Å². The molecule has 0 atom stereocenters. The fourth-order valence-electron chi connectivity index (χ4n) is 4.41. The van der Waals surface area contributed by atoms with E-state index in [2.05, 4.69) is 20.3 Å². The Bertz CT molecular complexity index is 1790. The predicted octanol–water partition coefficient (Wildman–Crippen LogP) is 6.35. The van der Waals surface area contributed by atoms with E-state index in [9.17, 15) is 22.8 Å². The lowest BCUT2D eigenvalue weighted by Gasteiger charge is -2.17. The van der Waals surface area contributed by atoms with Crippen molar-refractivity contribution in [3.63, 3.8) is 0 Å². The fraction of sp³-hybridized carbons (Fsp3) is 0.138. The standard InChI is InChI=1S/C29H21F4N5O3/c1-3-41-28(40)23-15-36-26-24(18(9-12-38(23)26)17-8-5-4-7-16(17)2)37-27(39)20-13-19(25-34-10-6-11-35-25)21(14-22(20)30)29(31,32)33/h4-15H,3H2,1-2H3,(H,37,39). The summed E-state index contributed by atoms with van der Waals surface area (Å²) in [5.41, 5.74) is -0.191.